The number of rotatable bonds is 3. The second kappa shape index (κ2) is 5.64. The average Bonchev–Trinajstić information content (AvgIpc) is 2.73. The Morgan fingerprint density at radius 2 is 2.05 bits per heavy atom. The highest BCUT2D eigenvalue weighted by Crippen LogP contribution is 2.28. The predicted octanol–water partition coefficient (Wildman–Crippen LogP) is 1.81. The van der Waals surface area contributed by atoms with Crippen LogP contribution in [0.2, 0.25) is 0 Å². The van der Waals surface area contributed by atoms with Gasteiger partial charge in [-0.05, 0) is 25.3 Å². The molecule has 0 radical (unpaired) electrons. The van der Waals surface area contributed by atoms with E-state index in [2.05, 4.69) is 0 Å². The van der Waals surface area contributed by atoms with E-state index in [0.29, 0.717) is 19.0 Å². The van der Waals surface area contributed by atoms with E-state index in [1.807, 2.05) is 0 Å². The summed E-state index contributed by atoms with van der Waals surface area (Å²) in [6.45, 7) is 0.194. The molecule has 0 unspecified atom stereocenters. The third-order valence-corrected chi connectivity index (χ3v) is 4.21. The summed E-state index contributed by atoms with van der Waals surface area (Å²) in [6, 6.07) is 1.89. The van der Waals surface area contributed by atoms with Crippen molar-refractivity contribution in [1.82, 2.24) is 9.80 Å². The third-order valence-electron chi connectivity index (χ3n) is 4.21. The number of carbonyl (C=O) groups is 2. The Bertz CT molecular complexity index is 599. The Kier molecular flexibility index (Phi) is 3.82. The zero-order chi connectivity index (χ0) is 15.9. The first-order valence-corrected chi connectivity index (χ1v) is 7.24. The number of nitrogens with zero attached hydrogens (tertiary/aromatic N) is 2. The van der Waals surface area contributed by atoms with E-state index in [4.69, 9.17) is 0 Å². The van der Waals surface area contributed by atoms with Crippen LogP contribution in [0.15, 0.2) is 18.2 Å². The molecular weight excluding hydrogens is 294 g/mol. The summed E-state index contributed by atoms with van der Waals surface area (Å²) in [6.07, 6.45) is 0.957. The summed E-state index contributed by atoms with van der Waals surface area (Å²) < 4.78 is 26.6. The number of amides is 3. The summed E-state index contributed by atoms with van der Waals surface area (Å²) in [5.74, 6) is -2.01. The maximum absolute atomic E-state index is 13.7. The van der Waals surface area contributed by atoms with Gasteiger partial charge in [-0.3, -0.25) is 9.69 Å². The van der Waals surface area contributed by atoms with Crippen molar-refractivity contribution in [2.24, 2.45) is 0 Å². The molecule has 2 heterocycles. The largest absolute Gasteiger partial charge is 0.386 e. The third kappa shape index (κ3) is 2.45. The summed E-state index contributed by atoms with van der Waals surface area (Å²) >= 11 is 0. The molecule has 2 aliphatic rings. The van der Waals surface area contributed by atoms with E-state index in [9.17, 15) is 23.5 Å². The molecule has 1 aromatic rings. The number of fused-ring (bicyclic) bond motifs is 1. The van der Waals surface area contributed by atoms with Gasteiger partial charge in [0.05, 0.1) is 12.6 Å². The Morgan fingerprint density at radius 3 is 2.73 bits per heavy atom. The van der Waals surface area contributed by atoms with E-state index in [-0.39, 0.29) is 18.0 Å². The van der Waals surface area contributed by atoms with Crippen molar-refractivity contribution < 1.29 is 23.5 Å². The lowest BCUT2D eigenvalue weighted by Crippen LogP contribution is -2.39. The molecule has 22 heavy (non-hydrogen) atoms. The van der Waals surface area contributed by atoms with Gasteiger partial charge in [0, 0.05) is 18.2 Å². The van der Waals surface area contributed by atoms with Crippen LogP contribution in [0.3, 0.4) is 0 Å². The molecule has 2 aliphatic heterocycles. The number of urea groups is 1. The van der Waals surface area contributed by atoms with Gasteiger partial charge < -0.3 is 10.0 Å². The topological polar surface area (TPSA) is 60.9 Å². The van der Waals surface area contributed by atoms with Crippen LogP contribution in [0.1, 0.15) is 30.9 Å². The van der Waals surface area contributed by atoms with Gasteiger partial charge in [-0.25, -0.2) is 13.6 Å². The number of aliphatic hydroxyl groups excluding tert-OH is 1. The second-order valence-electron chi connectivity index (χ2n) is 5.62. The molecule has 0 bridgehead atoms. The summed E-state index contributed by atoms with van der Waals surface area (Å²) in [7, 11) is 0. The summed E-state index contributed by atoms with van der Waals surface area (Å²) in [4.78, 5) is 26.9. The van der Waals surface area contributed by atoms with Crippen LogP contribution in [0.4, 0.5) is 13.6 Å². The lowest BCUT2D eigenvalue weighted by molar-refractivity contribution is -0.129. The normalized spacial score (nSPS) is 23.0. The van der Waals surface area contributed by atoms with Gasteiger partial charge in [0.25, 0.3) is 5.91 Å². The van der Waals surface area contributed by atoms with E-state index < -0.39 is 29.8 Å². The lowest BCUT2D eigenvalue weighted by atomic mass is 10.0. The first-order valence-electron chi connectivity index (χ1n) is 7.24. The van der Waals surface area contributed by atoms with Gasteiger partial charge >= 0.3 is 6.03 Å². The van der Waals surface area contributed by atoms with Gasteiger partial charge in [0.15, 0.2) is 0 Å². The van der Waals surface area contributed by atoms with Crippen LogP contribution < -0.4 is 0 Å². The molecule has 5 nitrogen and oxygen atoms in total. The second-order valence-corrected chi connectivity index (χ2v) is 5.62. The number of carbonyl (C=O) groups excluding carboxylic acids is 2. The fourth-order valence-corrected chi connectivity index (χ4v) is 3.06. The molecule has 0 aromatic heterocycles. The number of piperidine rings is 1. The molecule has 0 saturated carbocycles. The van der Waals surface area contributed by atoms with Crippen molar-refractivity contribution >= 4 is 11.9 Å². The van der Waals surface area contributed by atoms with Crippen molar-refractivity contribution in [2.45, 2.75) is 31.4 Å². The molecule has 2 fully saturated rings. The van der Waals surface area contributed by atoms with Crippen LogP contribution >= 0.6 is 0 Å². The number of hydrogen-bond acceptors (Lipinski definition) is 3. The summed E-state index contributed by atoms with van der Waals surface area (Å²) in [5.41, 5.74) is -0.133. The van der Waals surface area contributed by atoms with Crippen LogP contribution in [0.25, 0.3) is 0 Å². The number of aliphatic hydroxyl groups is 1. The lowest BCUT2D eigenvalue weighted by Gasteiger charge is -2.26. The van der Waals surface area contributed by atoms with E-state index in [1.165, 1.54) is 4.90 Å². The standard InChI is InChI=1S/C15H16F2N2O3/c16-9-4-5-10(11(17)7-9)13(20)8-19-14(21)12-3-1-2-6-18(12)15(19)22/h4-5,7,12-13,20H,1-3,6,8H2/t12-,13+/m1/s1. The maximum atomic E-state index is 13.7. The van der Waals surface area contributed by atoms with Crippen molar-refractivity contribution in [1.29, 1.82) is 0 Å². The molecule has 1 aromatic carbocycles. The molecular formula is C15H16F2N2O3. The highest BCUT2D eigenvalue weighted by Gasteiger charge is 2.46. The molecule has 1 N–H and O–H groups in total. The van der Waals surface area contributed by atoms with Gasteiger partial charge in [-0.2, -0.15) is 0 Å². The minimum atomic E-state index is -1.38. The smallest absolute Gasteiger partial charge is 0.327 e. The van der Waals surface area contributed by atoms with Crippen molar-refractivity contribution in [2.75, 3.05) is 13.1 Å². The van der Waals surface area contributed by atoms with Gasteiger partial charge in [0.1, 0.15) is 17.7 Å². The SMILES string of the molecule is O=C1[C@H]2CCCCN2C(=O)N1C[C@H](O)c1ccc(F)cc1F. The monoisotopic (exact) mass is 310 g/mol. The first-order chi connectivity index (χ1) is 10.5. The van der Waals surface area contributed by atoms with Crippen LogP contribution in [0.5, 0.6) is 0 Å². The van der Waals surface area contributed by atoms with E-state index in [1.54, 1.807) is 0 Å². The van der Waals surface area contributed by atoms with Crippen LogP contribution in [-0.4, -0.2) is 46.0 Å². The molecule has 2 saturated heterocycles. The Morgan fingerprint density at radius 1 is 1.27 bits per heavy atom. The molecule has 7 heteroatoms. The van der Waals surface area contributed by atoms with E-state index >= 15 is 0 Å². The van der Waals surface area contributed by atoms with Gasteiger partial charge in [-0.1, -0.05) is 6.07 Å². The van der Waals surface area contributed by atoms with Crippen molar-refractivity contribution in [3.8, 4) is 0 Å². The van der Waals surface area contributed by atoms with Crippen molar-refractivity contribution in [3.63, 3.8) is 0 Å². The highest BCUT2D eigenvalue weighted by molar-refractivity contribution is 6.04. The Hall–Kier alpha value is -2.02. The molecule has 3 rings (SSSR count). The zero-order valence-corrected chi connectivity index (χ0v) is 11.8. The van der Waals surface area contributed by atoms with Crippen molar-refractivity contribution in [3.05, 3.63) is 35.4 Å². The fourth-order valence-electron chi connectivity index (χ4n) is 3.06. The number of halogens is 2. The molecule has 2 atom stereocenters. The number of imide groups is 1. The molecule has 0 spiro atoms. The minimum Gasteiger partial charge on any atom is -0.386 e. The number of β-amino-alcohol motifs (C(OH)–C–C–N with tert-alkyl or cyclic N) is 1. The summed E-state index contributed by atoms with van der Waals surface area (Å²) in [5, 5.41) is 10.1. The molecule has 3 amide bonds. The fraction of sp³-hybridized carbons (Fsp3) is 0.467. The number of benzene rings is 1. The quantitative estimate of drug-likeness (QED) is 0.866. The predicted molar refractivity (Wildman–Crippen MR) is 72.8 cm³/mol. The average molecular weight is 310 g/mol. The van der Waals surface area contributed by atoms with Gasteiger partial charge in [-0.15, -0.1) is 0 Å². The van der Waals surface area contributed by atoms with Crippen LogP contribution in [-0.2, 0) is 4.79 Å². The zero-order valence-electron chi connectivity index (χ0n) is 11.8. The highest BCUT2D eigenvalue weighted by atomic mass is 19.1. The number of hydrogen-bond donors (Lipinski definition) is 1. The molecule has 118 valence electrons. The van der Waals surface area contributed by atoms with Crippen LogP contribution in [0, 0.1) is 11.6 Å². The maximum Gasteiger partial charge on any atom is 0.327 e. The minimum absolute atomic E-state index is 0.133. The van der Waals surface area contributed by atoms with Gasteiger partial charge in [0.2, 0.25) is 0 Å². The van der Waals surface area contributed by atoms with E-state index in [0.717, 1.165) is 29.9 Å². The first kappa shape index (κ1) is 14.9. The molecule has 0 aliphatic carbocycles. The Labute approximate surface area is 126 Å². The Balaban J connectivity index is 1.77.